The fourth-order valence-electron chi connectivity index (χ4n) is 6.43. The summed E-state index contributed by atoms with van der Waals surface area (Å²) in [5.74, 6) is 0.396. The first-order valence-electron chi connectivity index (χ1n) is 12.7. The molecule has 3 N–H and O–H groups in total. The van der Waals surface area contributed by atoms with Crippen LogP contribution in [-0.4, -0.2) is 36.2 Å². The van der Waals surface area contributed by atoms with Crippen molar-refractivity contribution in [3.63, 3.8) is 0 Å². The zero-order valence-corrected chi connectivity index (χ0v) is 21.9. The minimum absolute atomic E-state index is 0.00104. The average molecular weight is 499 g/mol. The van der Waals surface area contributed by atoms with Gasteiger partial charge in [0.25, 0.3) is 5.91 Å². The van der Waals surface area contributed by atoms with E-state index in [1.165, 1.54) is 0 Å². The van der Waals surface area contributed by atoms with Crippen molar-refractivity contribution in [2.24, 2.45) is 29.1 Å². The van der Waals surface area contributed by atoms with E-state index in [1.54, 1.807) is 42.7 Å². The molecule has 1 aromatic carbocycles. The van der Waals surface area contributed by atoms with Crippen LogP contribution >= 0.6 is 11.3 Å². The van der Waals surface area contributed by atoms with Gasteiger partial charge in [0.05, 0.1) is 19.8 Å². The third kappa shape index (κ3) is 5.41. The van der Waals surface area contributed by atoms with Crippen LogP contribution in [0.3, 0.4) is 0 Å². The third-order valence-corrected chi connectivity index (χ3v) is 9.51. The summed E-state index contributed by atoms with van der Waals surface area (Å²) in [5, 5.41) is 19.9. The molecule has 0 aliphatic heterocycles. The molecule has 190 valence electrons. The Bertz CT molecular complexity index is 1010. The first kappa shape index (κ1) is 25.7. The summed E-state index contributed by atoms with van der Waals surface area (Å²) in [6.45, 7) is 6.89. The van der Waals surface area contributed by atoms with E-state index in [-0.39, 0.29) is 46.9 Å². The van der Waals surface area contributed by atoms with Crippen LogP contribution in [0.25, 0.3) is 0 Å². The van der Waals surface area contributed by atoms with E-state index >= 15 is 0 Å². The van der Waals surface area contributed by atoms with Crippen LogP contribution in [0.15, 0.2) is 41.8 Å². The van der Waals surface area contributed by atoms with Crippen LogP contribution < -0.4 is 15.4 Å². The van der Waals surface area contributed by atoms with Crippen molar-refractivity contribution in [1.82, 2.24) is 10.6 Å². The van der Waals surface area contributed by atoms with Gasteiger partial charge >= 0.3 is 0 Å². The van der Waals surface area contributed by atoms with E-state index in [1.807, 2.05) is 24.4 Å². The molecular formula is C28H38N2O4S. The van der Waals surface area contributed by atoms with Crippen LogP contribution in [0.2, 0.25) is 0 Å². The summed E-state index contributed by atoms with van der Waals surface area (Å²) in [6, 6.07) is 11.1. The number of aliphatic hydroxyl groups is 1. The van der Waals surface area contributed by atoms with Gasteiger partial charge in [-0.1, -0.05) is 26.8 Å². The Labute approximate surface area is 212 Å². The van der Waals surface area contributed by atoms with Crippen molar-refractivity contribution in [2.45, 2.75) is 65.1 Å². The number of rotatable bonds is 7. The number of fused-ring (bicyclic) bond motifs is 1. The zero-order chi connectivity index (χ0) is 25.2. The Balaban J connectivity index is 1.42. The van der Waals surface area contributed by atoms with Crippen molar-refractivity contribution in [3.05, 3.63) is 52.2 Å². The maximum Gasteiger partial charge on any atom is 0.251 e. The maximum atomic E-state index is 12.9. The first-order valence-corrected chi connectivity index (χ1v) is 13.5. The van der Waals surface area contributed by atoms with Crippen molar-refractivity contribution < 1.29 is 19.4 Å². The van der Waals surface area contributed by atoms with Crippen LogP contribution in [0.1, 0.15) is 61.7 Å². The molecule has 2 aromatic rings. The molecule has 6 nitrogen and oxygen atoms in total. The van der Waals surface area contributed by atoms with E-state index in [0.717, 1.165) is 30.6 Å². The second kappa shape index (κ2) is 10.7. The zero-order valence-electron chi connectivity index (χ0n) is 21.1. The van der Waals surface area contributed by atoms with E-state index in [4.69, 9.17) is 4.74 Å². The van der Waals surface area contributed by atoms with Crippen LogP contribution in [0.5, 0.6) is 5.75 Å². The quantitative estimate of drug-likeness (QED) is 0.519. The third-order valence-electron chi connectivity index (χ3n) is 8.63. The smallest absolute Gasteiger partial charge is 0.251 e. The Morgan fingerprint density at radius 3 is 2.57 bits per heavy atom. The van der Waals surface area contributed by atoms with Gasteiger partial charge in [0.15, 0.2) is 0 Å². The molecule has 0 unspecified atom stereocenters. The Kier molecular flexibility index (Phi) is 7.86. The van der Waals surface area contributed by atoms with Gasteiger partial charge < -0.3 is 20.5 Å². The van der Waals surface area contributed by atoms with Crippen LogP contribution in [-0.2, 0) is 11.3 Å². The van der Waals surface area contributed by atoms with Crippen molar-refractivity contribution in [1.29, 1.82) is 0 Å². The lowest BCUT2D eigenvalue weighted by Gasteiger charge is -2.56. The fraction of sp³-hybridized carbons (Fsp3) is 0.571. The average Bonchev–Trinajstić information content (AvgIpc) is 3.38. The minimum Gasteiger partial charge on any atom is -0.497 e. The number of nitrogens with one attached hydrogen (secondary N) is 2. The van der Waals surface area contributed by atoms with Crippen molar-refractivity contribution in [2.75, 3.05) is 7.11 Å². The largest absolute Gasteiger partial charge is 0.497 e. The second-order valence-corrected chi connectivity index (χ2v) is 11.7. The molecule has 4 rings (SSSR count). The van der Waals surface area contributed by atoms with Gasteiger partial charge in [0.1, 0.15) is 5.75 Å². The van der Waals surface area contributed by atoms with Gasteiger partial charge in [-0.2, -0.15) is 0 Å². The first-order chi connectivity index (χ1) is 16.7. The maximum absolute atomic E-state index is 12.9. The molecule has 2 amide bonds. The van der Waals surface area contributed by atoms with Gasteiger partial charge in [0, 0.05) is 22.4 Å². The molecule has 0 spiro atoms. The lowest BCUT2D eigenvalue weighted by Crippen LogP contribution is -2.58. The molecule has 0 bridgehead atoms. The highest BCUT2D eigenvalue weighted by molar-refractivity contribution is 7.09. The summed E-state index contributed by atoms with van der Waals surface area (Å²) in [7, 11) is 1.60. The Morgan fingerprint density at radius 1 is 1.20 bits per heavy atom. The van der Waals surface area contributed by atoms with Crippen LogP contribution in [0.4, 0.5) is 0 Å². The standard InChI is InChI=1S/C28H38N2O4S/c1-17(26(32)29-16-21-6-5-15-35-21)22-11-13-28(3)14-12-23(18(2)24(28)25(22)31)30-27(33)19-7-9-20(34-4)10-8-19/h5-10,15,17-18,22-25,31H,11-14,16H2,1-4H3,(H,29,32)(H,30,33)/t17-,18-,22+,23-,24+,25-,28+/m0/s1. The molecule has 2 fully saturated rings. The highest BCUT2D eigenvalue weighted by atomic mass is 32.1. The number of ether oxygens (including phenoxy) is 1. The number of hydrogen-bond donors (Lipinski definition) is 3. The molecule has 1 heterocycles. The summed E-state index contributed by atoms with van der Waals surface area (Å²) in [4.78, 5) is 27.0. The van der Waals surface area contributed by atoms with Crippen molar-refractivity contribution in [3.8, 4) is 5.75 Å². The normalized spacial score (nSPS) is 31.2. The minimum atomic E-state index is -0.577. The van der Waals surface area contributed by atoms with Gasteiger partial charge in [-0.3, -0.25) is 9.59 Å². The SMILES string of the molecule is COc1ccc(C(=O)N[C@H]2CC[C@@]3(C)CC[C@H]([C@H](C)C(=O)NCc4cccs4)[C@H](O)[C@H]3[C@H]2C)cc1. The molecule has 0 radical (unpaired) electrons. The summed E-state index contributed by atoms with van der Waals surface area (Å²) in [6.07, 6.45) is 3.11. The highest BCUT2D eigenvalue weighted by Gasteiger charge is 2.53. The lowest BCUT2D eigenvalue weighted by atomic mass is 9.51. The van der Waals surface area contributed by atoms with Crippen LogP contribution in [0, 0.1) is 29.1 Å². The van der Waals surface area contributed by atoms with E-state index in [9.17, 15) is 14.7 Å². The number of aliphatic hydroxyl groups excluding tert-OH is 1. The molecule has 7 heteroatoms. The molecule has 2 aliphatic carbocycles. The van der Waals surface area contributed by atoms with E-state index in [2.05, 4.69) is 24.5 Å². The molecule has 2 aliphatic rings. The van der Waals surface area contributed by atoms with Gasteiger partial charge in [-0.15, -0.1) is 11.3 Å². The molecule has 0 saturated heterocycles. The number of amides is 2. The predicted molar refractivity (Wildman–Crippen MR) is 138 cm³/mol. The number of carbonyl (C=O) groups is 2. The number of methoxy groups -OCH3 is 1. The van der Waals surface area contributed by atoms with Crippen molar-refractivity contribution >= 4 is 23.2 Å². The molecule has 35 heavy (non-hydrogen) atoms. The highest BCUT2D eigenvalue weighted by Crippen LogP contribution is 2.55. The molecule has 7 atom stereocenters. The molecule has 2 saturated carbocycles. The summed E-state index contributed by atoms with van der Waals surface area (Å²) in [5.41, 5.74) is 0.619. The van der Waals surface area contributed by atoms with Gasteiger partial charge in [-0.25, -0.2) is 0 Å². The Morgan fingerprint density at radius 2 is 1.91 bits per heavy atom. The second-order valence-electron chi connectivity index (χ2n) is 10.7. The molecule has 1 aromatic heterocycles. The summed E-state index contributed by atoms with van der Waals surface area (Å²) < 4.78 is 5.19. The monoisotopic (exact) mass is 498 g/mol. The number of carbonyl (C=O) groups excluding carboxylic acids is 2. The predicted octanol–water partition coefficient (Wildman–Crippen LogP) is 4.63. The number of benzene rings is 1. The topological polar surface area (TPSA) is 87.7 Å². The van der Waals surface area contributed by atoms with E-state index < -0.39 is 6.10 Å². The fourth-order valence-corrected chi connectivity index (χ4v) is 7.08. The molecular weight excluding hydrogens is 460 g/mol. The van der Waals surface area contributed by atoms with E-state index in [0.29, 0.717) is 17.9 Å². The summed E-state index contributed by atoms with van der Waals surface area (Å²) >= 11 is 1.63. The lowest BCUT2D eigenvalue weighted by molar-refractivity contribution is -0.142. The number of thiophene rings is 1. The van der Waals surface area contributed by atoms with Gasteiger partial charge in [0.2, 0.25) is 5.91 Å². The number of hydrogen-bond acceptors (Lipinski definition) is 5. The van der Waals surface area contributed by atoms with Gasteiger partial charge in [-0.05, 0) is 84.6 Å². The Hall–Kier alpha value is -2.38.